The Morgan fingerprint density at radius 2 is 2.04 bits per heavy atom. The van der Waals surface area contributed by atoms with Crippen molar-refractivity contribution >= 4 is 17.7 Å². The summed E-state index contributed by atoms with van der Waals surface area (Å²) in [7, 11) is 1.56. The minimum atomic E-state index is -4.45. The van der Waals surface area contributed by atoms with Crippen LogP contribution in [0.3, 0.4) is 0 Å². The molecule has 0 saturated heterocycles. The molecule has 146 valence electrons. The predicted molar refractivity (Wildman–Crippen MR) is 96.6 cm³/mol. The van der Waals surface area contributed by atoms with Gasteiger partial charge in [-0.05, 0) is 31.2 Å². The maximum absolute atomic E-state index is 12.2. The average molecular weight is 400 g/mol. The Labute approximate surface area is 158 Å². The van der Waals surface area contributed by atoms with Crippen molar-refractivity contribution in [2.75, 3.05) is 13.7 Å². The van der Waals surface area contributed by atoms with Gasteiger partial charge in [0.25, 0.3) is 0 Å². The van der Waals surface area contributed by atoms with Crippen LogP contribution in [-0.2, 0) is 11.3 Å². The highest BCUT2D eigenvalue weighted by molar-refractivity contribution is 8.00. The van der Waals surface area contributed by atoms with E-state index in [1.807, 2.05) is 17.4 Å². The molecule has 1 unspecified atom stereocenters. The average Bonchev–Trinajstić information content (AvgIpc) is 3.02. The summed E-state index contributed by atoms with van der Waals surface area (Å²) in [5.74, 6) is 0.525. The largest absolute Gasteiger partial charge is 0.497 e. The summed E-state index contributed by atoms with van der Waals surface area (Å²) in [5.41, 5.74) is 0.783. The number of halogens is 3. The standard InChI is InChI=1S/C17H19F3N4O2S/c1-4-9-24-14(12-5-7-13(26-3)8-6-12)22-23-16(24)27-11(2)15(25)21-10-17(18,19)20/h4-8,11H,1,9-10H2,2-3H3,(H,21,25). The molecule has 0 bridgehead atoms. The zero-order chi connectivity index (χ0) is 20.0. The molecule has 0 fully saturated rings. The summed E-state index contributed by atoms with van der Waals surface area (Å²) in [4.78, 5) is 11.9. The zero-order valence-corrected chi connectivity index (χ0v) is 15.6. The van der Waals surface area contributed by atoms with Crippen LogP contribution in [-0.4, -0.2) is 45.8 Å². The van der Waals surface area contributed by atoms with Gasteiger partial charge in [-0.1, -0.05) is 17.8 Å². The minimum absolute atomic E-state index is 0.383. The molecule has 0 radical (unpaired) electrons. The van der Waals surface area contributed by atoms with E-state index in [0.717, 1.165) is 17.3 Å². The zero-order valence-electron chi connectivity index (χ0n) is 14.8. The van der Waals surface area contributed by atoms with E-state index in [1.165, 1.54) is 6.92 Å². The number of hydrogen-bond donors (Lipinski definition) is 1. The molecule has 0 spiro atoms. The van der Waals surface area contributed by atoms with E-state index >= 15 is 0 Å². The Morgan fingerprint density at radius 1 is 1.37 bits per heavy atom. The number of allylic oxidation sites excluding steroid dienone is 1. The van der Waals surface area contributed by atoms with Crippen LogP contribution in [0, 0.1) is 0 Å². The number of aromatic nitrogens is 3. The number of hydrogen-bond acceptors (Lipinski definition) is 5. The maximum Gasteiger partial charge on any atom is 0.405 e. The van der Waals surface area contributed by atoms with Gasteiger partial charge in [-0.3, -0.25) is 9.36 Å². The van der Waals surface area contributed by atoms with Crippen LogP contribution in [0.1, 0.15) is 6.92 Å². The van der Waals surface area contributed by atoms with E-state index in [9.17, 15) is 18.0 Å². The van der Waals surface area contributed by atoms with E-state index in [-0.39, 0.29) is 0 Å². The number of nitrogens with one attached hydrogen (secondary N) is 1. The van der Waals surface area contributed by atoms with Crippen molar-refractivity contribution in [1.29, 1.82) is 0 Å². The highest BCUT2D eigenvalue weighted by atomic mass is 32.2. The number of carbonyl (C=O) groups is 1. The third-order valence-corrected chi connectivity index (χ3v) is 4.57. The molecule has 2 rings (SSSR count). The summed E-state index contributed by atoms with van der Waals surface area (Å²) >= 11 is 1.03. The second-order valence-electron chi connectivity index (χ2n) is 5.53. The first kappa shape index (κ1) is 20.8. The third kappa shape index (κ3) is 5.75. The van der Waals surface area contributed by atoms with Gasteiger partial charge in [-0.25, -0.2) is 0 Å². The highest BCUT2D eigenvalue weighted by Crippen LogP contribution is 2.28. The molecule has 1 heterocycles. The number of methoxy groups -OCH3 is 1. The molecule has 27 heavy (non-hydrogen) atoms. The van der Waals surface area contributed by atoms with Crippen LogP contribution < -0.4 is 10.1 Å². The first-order valence-corrected chi connectivity index (χ1v) is 8.82. The lowest BCUT2D eigenvalue weighted by Crippen LogP contribution is -2.38. The number of amides is 1. The van der Waals surface area contributed by atoms with Crippen LogP contribution in [0.15, 0.2) is 42.1 Å². The molecular weight excluding hydrogens is 381 g/mol. The molecule has 1 N–H and O–H groups in total. The number of thioether (sulfide) groups is 1. The van der Waals surface area contributed by atoms with Crippen LogP contribution in [0.4, 0.5) is 13.2 Å². The summed E-state index contributed by atoms with van der Waals surface area (Å²) in [6, 6.07) is 7.19. The molecule has 1 atom stereocenters. The van der Waals surface area contributed by atoms with E-state index in [0.29, 0.717) is 23.3 Å². The highest BCUT2D eigenvalue weighted by Gasteiger charge is 2.29. The number of nitrogens with zero attached hydrogens (tertiary/aromatic N) is 3. The quantitative estimate of drug-likeness (QED) is 0.544. The fourth-order valence-corrected chi connectivity index (χ4v) is 3.05. The smallest absolute Gasteiger partial charge is 0.405 e. The van der Waals surface area contributed by atoms with E-state index in [2.05, 4.69) is 16.8 Å². The SMILES string of the molecule is C=CCn1c(SC(C)C(=O)NCC(F)(F)F)nnc1-c1ccc(OC)cc1. The van der Waals surface area contributed by atoms with Gasteiger partial charge in [-0.2, -0.15) is 13.2 Å². The molecule has 6 nitrogen and oxygen atoms in total. The van der Waals surface area contributed by atoms with Crippen molar-refractivity contribution in [1.82, 2.24) is 20.1 Å². The fraction of sp³-hybridized carbons (Fsp3) is 0.353. The summed E-state index contributed by atoms with van der Waals surface area (Å²) in [5, 5.41) is 9.74. The number of ether oxygens (including phenoxy) is 1. The number of benzene rings is 1. The molecule has 0 saturated carbocycles. The summed E-state index contributed by atoms with van der Waals surface area (Å²) in [6.07, 6.45) is -2.81. The Balaban J connectivity index is 2.18. The molecule has 2 aromatic rings. The Bertz CT molecular complexity index is 790. The van der Waals surface area contributed by atoms with Gasteiger partial charge >= 0.3 is 6.18 Å². The number of rotatable bonds is 8. The Kier molecular flexibility index (Phi) is 6.89. The maximum atomic E-state index is 12.2. The summed E-state index contributed by atoms with van der Waals surface area (Å²) in [6.45, 7) is 4.22. The molecule has 0 aliphatic carbocycles. The van der Waals surface area contributed by atoms with E-state index < -0.39 is 23.9 Å². The van der Waals surface area contributed by atoms with Gasteiger partial charge in [0.15, 0.2) is 11.0 Å². The lowest BCUT2D eigenvalue weighted by molar-refractivity contribution is -0.137. The molecular formula is C17H19F3N4O2S. The van der Waals surface area contributed by atoms with E-state index in [4.69, 9.17) is 4.74 Å². The molecule has 10 heteroatoms. The molecule has 1 aromatic heterocycles. The van der Waals surface area contributed by atoms with Crippen molar-refractivity contribution in [2.45, 2.75) is 30.1 Å². The second-order valence-corrected chi connectivity index (χ2v) is 6.83. The monoisotopic (exact) mass is 400 g/mol. The van der Waals surface area contributed by atoms with E-state index in [1.54, 1.807) is 29.9 Å². The van der Waals surface area contributed by atoms with Gasteiger partial charge < -0.3 is 10.1 Å². The van der Waals surface area contributed by atoms with Gasteiger partial charge in [0.2, 0.25) is 5.91 Å². The van der Waals surface area contributed by atoms with Crippen LogP contribution >= 0.6 is 11.8 Å². The van der Waals surface area contributed by atoms with Gasteiger partial charge in [0.05, 0.1) is 12.4 Å². The normalized spacial score (nSPS) is 12.5. The van der Waals surface area contributed by atoms with Gasteiger partial charge in [0.1, 0.15) is 12.3 Å². The lowest BCUT2D eigenvalue weighted by Gasteiger charge is -2.14. The van der Waals surface area contributed by atoms with Gasteiger partial charge in [0, 0.05) is 12.1 Å². The van der Waals surface area contributed by atoms with Crippen molar-refractivity contribution in [3.63, 3.8) is 0 Å². The third-order valence-electron chi connectivity index (χ3n) is 3.49. The Morgan fingerprint density at radius 3 is 2.59 bits per heavy atom. The minimum Gasteiger partial charge on any atom is -0.497 e. The fourth-order valence-electron chi connectivity index (χ4n) is 2.17. The van der Waals surface area contributed by atoms with Crippen molar-refractivity contribution in [3.8, 4) is 17.1 Å². The van der Waals surface area contributed by atoms with Crippen LogP contribution in [0.2, 0.25) is 0 Å². The molecule has 1 aromatic carbocycles. The van der Waals surface area contributed by atoms with Crippen molar-refractivity contribution < 1.29 is 22.7 Å². The van der Waals surface area contributed by atoms with Crippen LogP contribution in [0.5, 0.6) is 5.75 Å². The molecule has 0 aliphatic heterocycles. The number of alkyl halides is 3. The van der Waals surface area contributed by atoms with Crippen molar-refractivity contribution in [3.05, 3.63) is 36.9 Å². The first-order valence-electron chi connectivity index (χ1n) is 7.94. The van der Waals surface area contributed by atoms with Crippen molar-refractivity contribution in [2.24, 2.45) is 0 Å². The molecule has 1 amide bonds. The Hall–Kier alpha value is -2.49. The lowest BCUT2D eigenvalue weighted by atomic mass is 10.2. The first-order chi connectivity index (χ1) is 12.7. The van der Waals surface area contributed by atoms with Gasteiger partial charge in [-0.15, -0.1) is 16.8 Å². The summed E-state index contributed by atoms with van der Waals surface area (Å²) < 4.78 is 43.6. The van der Waals surface area contributed by atoms with Crippen LogP contribution in [0.25, 0.3) is 11.4 Å². The molecule has 0 aliphatic rings. The predicted octanol–water partition coefficient (Wildman–Crippen LogP) is 3.30. The number of carbonyl (C=O) groups excluding carboxylic acids is 1. The topological polar surface area (TPSA) is 69.0 Å². The second kappa shape index (κ2) is 8.94.